The molecule has 23 heavy (non-hydrogen) atoms. The first-order valence-corrected chi connectivity index (χ1v) is 6.79. The minimum absolute atomic E-state index is 0.138. The molecule has 0 aliphatic carbocycles. The second-order valence-corrected chi connectivity index (χ2v) is 4.88. The second kappa shape index (κ2) is 5.96. The lowest BCUT2D eigenvalue weighted by atomic mass is 10.3. The van der Waals surface area contributed by atoms with Crippen molar-refractivity contribution in [2.75, 3.05) is 0 Å². The number of hydrogen-bond donors (Lipinski definition) is 1. The van der Waals surface area contributed by atoms with Crippen molar-refractivity contribution in [3.63, 3.8) is 0 Å². The van der Waals surface area contributed by atoms with Crippen molar-refractivity contribution in [1.82, 2.24) is 9.78 Å². The Morgan fingerprint density at radius 1 is 0.913 bits per heavy atom. The predicted octanol–water partition coefficient (Wildman–Crippen LogP) is 4.17. The summed E-state index contributed by atoms with van der Waals surface area (Å²) in [4.78, 5) is 12.4. The summed E-state index contributed by atoms with van der Waals surface area (Å²) in [6.07, 6.45) is 0. The molecular formula is C16H12F2N4O. The number of aromatic amines is 1. The lowest BCUT2D eigenvalue weighted by Gasteiger charge is -2.00. The molecule has 0 spiro atoms. The molecule has 0 aliphatic heterocycles. The second-order valence-electron chi connectivity index (χ2n) is 4.88. The smallest absolute Gasteiger partial charge is 0.293 e. The molecule has 0 atom stereocenters. The SMILES string of the molecule is Cc1[nH]n(-c2ccc(F)cc2)c(=O)c1N=Nc1ccc(F)cc1. The van der Waals surface area contributed by atoms with Gasteiger partial charge < -0.3 is 0 Å². The molecule has 1 N–H and O–H groups in total. The topological polar surface area (TPSA) is 62.5 Å². The van der Waals surface area contributed by atoms with Gasteiger partial charge in [-0.1, -0.05) is 0 Å². The van der Waals surface area contributed by atoms with E-state index in [1.807, 2.05) is 0 Å². The van der Waals surface area contributed by atoms with Crippen LogP contribution in [0, 0.1) is 18.6 Å². The van der Waals surface area contributed by atoms with Gasteiger partial charge in [0.2, 0.25) is 0 Å². The number of H-pyrrole nitrogens is 1. The van der Waals surface area contributed by atoms with Crippen LogP contribution >= 0.6 is 0 Å². The number of nitrogens with one attached hydrogen (secondary N) is 1. The van der Waals surface area contributed by atoms with Gasteiger partial charge in [-0.3, -0.25) is 9.89 Å². The molecule has 116 valence electrons. The Bertz CT molecular complexity index is 909. The lowest BCUT2D eigenvalue weighted by Crippen LogP contribution is -2.13. The van der Waals surface area contributed by atoms with E-state index in [2.05, 4.69) is 15.3 Å². The molecule has 3 rings (SSSR count). The van der Waals surface area contributed by atoms with Crippen molar-refractivity contribution in [3.05, 3.63) is 76.2 Å². The summed E-state index contributed by atoms with van der Waals surface area (Å²) in [5.41, 5.74) is 1.17. The fourth-order valence-electron chi connectivity index (χ4n) is 2.04. The van der Waals surface area contributed by atoms with Crippen LogP contribution in [0.3, 0.4) is 0 Å². The van der Waals surface area contributed by atoms with Crippen LogP contribution < -0.4 is 5.56 Å². The molecule has 7 heteroatoms. The van der Waals surface area contributed by atoms with Crippen LogP contribution in [0.1, 0.15) is 5.69 Å². The first-order chi connectivity index (χ1) is 11.0. The third kappa shape index (κ3) is 3.08. The fraction of sp³-hybridized carbons (Fsp3) is 0.0625. The van der Waals surface area contributed by atoms with Gasteiger partial charge in [-0.25, -0.2) is 13.5 Å². The molecule has 2 aromatic carbocycles. The van der Waals surface area contributed by atoms with E-state index < -0.39 is 5.56 Å². The van der Waals surface area contributed by atoms with Gasteiger partial charge in [0.1, 0.15) is 11.6 Å². The predicted molar refractivity (Wildman–Crippen MR) is 81.7 cm³/mol. The van der Waals surface area contributed by atoms with Crippen molar-refractivity contribution >= 4 is 11.4 Å². The summed E-state index contributed by atoms with van der Waals surface area (Å²) in [5.74, 6) is -0.762. The van der Waals surface area contributed by atoms with Crippen LogP contribution in [0.15, 0.2) is 63.6 Å². The number of azo groups is 1. The number of aryl methyl sites for hydroxylation is 1. The van der Waals surface area contributed by atoms with Gasteiger partial charge >= 0.3 is 0 Å². The van der Waals surface area contributed by atoms with E-state index >= 15 is 0 Å². The van der Waals surface area contributed by atoms with Gasteiger partial charge in [0.25, 0.3) is 5.56 Å². The highest BCUT2D eigenvalue weighted by Crippen LogP contribution is 2.19. The molecule has 1 heterocycles. The zero-order valence-corrected chi connectivity index (χ0v) is 12.1. The van der Waals surface area contributed by atoms with Crippen LogP contribution in [0.5, 0.6) is 0 Å². The fourth-order valence-corrected chi connectivity index (χ4v) is 2.04. The Labute approximate surface area is 129 Å². The number of hydrogen-bond acceptors (Lipinski definition) is 3. The van der Waals surface area contributed by atoms with E-state index in [0.29, 0.717) is 17.1 Å². The largest absolute Gasteiger partial charge is 0.299 e. The average Bonchev–Trinajstić information content (AvgIpc) is 2.82. The molecule has 1 aromatic heterocycles. The van der Waals surface area contributed by atoms with E-state index in [1.54, 1.807) is 6.92 Å². The molecule has 0 amide bonds. The molecule has 0 saturated carbocycles. The van der Waals surface area contributed by atoms with E-state index in [9.17, 15) is 13.6 Å². The Kier molecular flexibility index (Phi) is 3.84. The number of rotatable bonds is 3. The molecule has 0 fully saturated rings. The van der Waals surface area contributed by atoms with Crippen molar-refractivity contribution in [1.29, 1.82) is 0 Å². The van der Waals surface area contributed by atoms with Crippen LogP contribution in [-0.4, -0.2) is 9.78 Å². The van der Waals surface area contributed by atoms with Gasteiger partial charge in [-0.15, -0.1) is 5.11 Å². The maximum absolute atomic E-state index is 13.0. The highest BCUT2D eigenvalue weighted by Gasteiger charge is 2.12. The lowest BCUT2D eigenvalue weighted by molar-refractivity contribution is 0.626. The third-order valence-corrected chi connectivity index (χ3v) is 3.22. The maximum Gasteiger partial charge on any atom is 0.299 e. The van der Waals surface area contributed by atoms with Crippen LogP contribution in [-0.2, 0) is 0 Å². The van der Waals surface area contributed by atoms with Crippen LogP contribution in [0.25, 0.3) is 5.69 Å². The molecule has 0 radical (unpaired) electrons. The monoisotopic (exact) mass is 314 g/mol. The summed E-state index contributed by atoms with van der Waals surface area (Å²) in [5, 5.41) is 10.7. The summed E-state index contributed by atoms with van der Waals surface area (Å²) < 4.78 is 27.1. The van der Waals surface area contributed by atoms with E-state index in [-0.39, 0.29) is 17.3 Å². The van der Waals surface area contributed by atoms with Gasteiger partial charge in [0.05, 0.1) is 17.1 Å². The minimum Gasteiger partial charge on any atom is -0.293 e. The van der Waals surface area contributed by atoms with Gasteiger partial charge in [-0.2, -0.15) is 5.11 Å². The van der Waals surface area contributed by atoms with Crippen molar-refractivity contribution in [2.45, 2.75) is 6.92 Å². The van der Waals surface area contributed by atoms with Crippen molar-refractivity contribution in [3.8, 4) is 5.69 Å². The van der Waals surface area contributed by atoms with Gasteiger partial charge in [0, 0.05) is 0 Å². The minimum atomic E-state index is -0.403. The molecular weight excluding hydrogens is 302 g/mol. The zero-order chi connectivity index (χ0) is 16.4. The van der Waals surface area contributed by atoms with Crippen LogP contribution in [0.2, 0.25) is 0 Å². The maximum atomic E-state index is 13.0. The first-order valence-electron chi connectivity index (χ1n) is 6.79. The van der Waals surface area contributed by atoms with E-state index in [1.165, 1.54) is 53.2 Å². The molecule has 0 bridgehead atoms. The van der Waals surface area contributed by atoms with E-state index in [0.717, 1.165) is 0 Å². The number of halogens is 2. The van der Waals surface area contributed by atoms with Crippen LogP contribution in [0.4, 0.5) is 20.2 Å². The summed E-state index contributed by atoms with van der Waals surface area (Å²) in [6.45, 7) is 1.68. The Morgan fingerprint density at radius 3 is 2.09 bits per heavy atom. The standard InChI is InChI=1S/C16H12F2N4O/c1-10-15(20-19-13-6-2-11(17)3-7-13)16(23)22(21-10)14-8-4-12(18)5-9-14/h2-9,21H,1H3. The zero-order valence-electron chi connectivity index (χ0n) is 12.1. The van der Waals surface area contributed by atoms with Gasteiger partial charge in [-0.05, 0) is 55.5 Å². The molecule has 3 aromatic rings. The number of aromatic nitrogens is 2. The molecule has 5 nitrogen and oxygen atoms in total. The summed E-state index contributed by atoms with van der Waals surface area (Å²) in [6, 6.07) is 10.9. The molecule has 0 saturated heterocycles. The Hall–Kier alpha value is -3.09. The highest BCUT2D eigenvalue weighted by molar-refractivity contribution is 5.44. The number of benzene rings is 2. The molecule has 0 unspecified atom stereocenters. The summed E-state index contributed by atoms with van der Waals surface area (Å²) >= 11 is 0. The number of nitrogens with zero attached hydrogens (tertiary/aromatic N) is 3. The summed E-state index contributed by atoms with van der Waals surface area (Å²) in [7, 11) is 0. The first kappa shape index (κ1) is 14.8. The van der Waals surface area contributed by atoms with E-state index in [4.69, 9.17) is 0 Å². The Balaban J connectivity index is 1.96. The van der Waals surface area contributed by atoms with Crippen molar-refractivity contribution < 1.29 is 8.78 Å². The quantitative estimate of drug-likeness (QED) is 0.725. The average molecular weight is 314 g/mol. The third-order valence-electron chi connectivity index (χ3n) is 3.22. The highest BCUT2D eigenvalue weighted by atomic mass is 19.1. The van der Waals surface area contributed by atoms with Gasteiger partial charge in [0.15, 0.2) is 5.69 Å². The normalized spacial score (nSPS) is 11.3. The Morgan fingerprint density at radius 2 is 1.48 bits per heavy atom. The molecule has 0 aliphatic rings. The van der Waals surface area contributed by atoms with Crippen molar-refractivity contribution in [2.24, 2.45) is 10.2 Å².